The molecule has 0 radical (unpaired) electrons. The fourth-order valence-electron chi connectivity index (χ4n) is 7.86. The number of alkyl halides is 1. The number of Topliss-reactive ketones (excluding diaryl/α,β-unsaturated/α-hetero) is 2. The smallest absolute Gasteiger partial charge is 0.336 e. The minimum atomic E-state index is -0.523. The molecule has 2 unspecified atom stereocenters. The van der Waals surface area contributed by atoms with Crippen molar-refractivity contribution in [3.63, 3.8) is 0 Å². The molecule has 2 aromatic carbocycles. The van der Waals surface area contributed by atoms with Crippen LogP contribution in [-0.2, 0) is 28.7 Å². The monoisotopic (exact) mass is 824 g/mol. The van der Waals surface area contributed by atoms with Crippen molar-refractivity contribution in [2.75, 3.05) is 18.5 Å². The lowest BCUT2D eigenvalue weighted by molar-refractivity contribution is -0.139. The zero-order valence-electron chi connectivity index (χ0n) is 31.3. The lowest BCUT2D eigenvalue weighted by Crippen LogP contribution is -2.39. The van der Waals surface area contributed by atoms with Gasteiger partial charge in [0.25, 0.3) is 0 Å². The fourth-order valence-corrected chi connectivity index (χ4v) is 8.79. The van der Waals surface area contributed by atoms with Gasteiger partial charge >= 0.3 is 11.9 Å². The van der Waals surface area contributed by atoms with Crippen LogP contribution in [0.15, 0.2) is 93.6 Å². The van der Waals surface area contributed by atoms with Gasteiger partial charge in [0.05, 0.1) is 24.4 Å². The number of hydrogen-bond donors (Lipinski definition) is 2. The van der Waals surface area contributed by atoms with Crippen LogP contribution in [0, 0.1) is 10.8 Å². The van der Waals surface area contributed by atoms with E-state index in [1.54, 1.807) is 26.0 Å². The molecule has 0 saturated heterocycles. The number of ketones is 2. The van der Waals surface area contributed by atoms with Crippen LogP contribution in [0.25, 0.3) is 0 Å². The summed E-state index contributed by atoms with van der Waals surface area (Å²) in [6.45, 7) is 14.3. The van der Waals surface area contributed by atoms with Gasteiger partial charge in [-0.05, 0) is 67.7 Å². The van der Waals surface area contributed by atoms with E-state index in [0.29, 0.717) is 50.5 Å². The van der Waals surface area contributed by atoms with Gasteiger partial charge in [0.15, 0.2) is 11.6 Å². The number of nitrogens with one attached hydrogen (secondary N) is 2. The molecule has 4 aliphatic rings. The molecule has 2 aliphatic carbocycles. The summed E-state index contributed by atoms with van der Waals surface area (Å²) < 4.78 is 10.6. The Morgan fingerprint density at radius 1 is 0.717 bits per heavy atom. The standard InChI is InChI=1S/C21H23BrClNO3.C21H24ClNO3/c1-4-27-20(26)19-15(11-22)24-14-9-21(2,3)10-16(25)18(14)17(19)12-7-5-6-8-13(12)23;1-5-26-20(25)17-12(2)23-15-10-21(3,4)11-16(24)19(15)18(17)13-8-6-7-9-14(13)22/h5-8,17,24H,4,9-11H2,1-3H3;6-9,18,23H,5,10-11H2,1-4H3. The highest BCUT2D eigenvalue weighted by Crippen LogP contribution is 2.49. The summed E-state index contributed by atoms with van der Waals surface area (Å²) >= 11 is 16.4. The highest BCUT2D eigenvalue weighted by atomic mass is 79.9. The Labute approximate surface area is 330 Å². The third kappa shape index (κ3) is 8.53. The van der Waals surface area contributed by atoms with E-state index in [4.69, 9.17) is 32.7 Å². The lowest BCUT2D eigenvalue weighted by atomic mass is 9.68. The van der Waals surface area contributed by atoms with Crippen molar-refractivity contribution >= 4 is 62.6 Å². The fraction of sp³-hybridized carbons (Fsp3) is 0.429. The number of allylic oxidation sites excluding steroid dienone is 6. The molecular formula is C42H47BrCl2N2O6. The SMILES string of the molecule is CCOC(=O)C1=C(C)NC2=C(C(=O)CC(C)(C)C2)C1c1ccccc1Cl.CCOC(=O)C1=C(CBr)NC2=C(C(=O)CC(C)(C)C2)C1c1ccccc1Cl. The third-order valence-electron chi connectivity index (χ3n) is 9.92. The summed E-state index contributed by atoms with van der Waals surface area (Å²) in [5.41, 5.74) is 6.68. The van der Waals surface area contributed by atoms with E-state index >= 15 is 0 Å². The quantitative estimate of drug-likeness (QED) is 0.210. The van der Waals surface area contributed by atoms with Crippen molar-refractivity contribution in [2.24, 2.45) is 10.8 Å². The van der Waals surface area contributed by atoms with Crippen LogP contribution >= 0.6 is 39.1 Å². The van der Waals surface area contributed by atoms with E-state index in [-0.39, 0.29) is 35.6 Å². The Kier molecular flexibility index (Phi) is 12.5. The number of carbonyl (C=O) groups is 4. The number of hydrogen-bond acceptors (Lipinski definition) is 8. The van der Waals surface area contributed by atoms with E-state index in [0.717, 1.165) is 46.8 Å². The Bertz CT molecular complexity index is 1970. The molecule has 2 heterocycles. The summed E-state index contributed by atoms with van der Waals surface area (Å²) in [5.74, 6) is -1.75. The van der Waals surface area contributed by atoms with Gasteiger partial charge in [0, 0.05) is 74.0 Å². The first-order valence-electron chi connectivity index (χ1n) is 17.9. The van der Waals surface area contributed by atoms with Gasteiger partial charge < -0.3 is 20.1 Å². The first kappa shape index (κ1) is 40.5. The van der Waals surface area contributed by atoms with Crippen LogP contribution in [0.3, 0.4) is 0 Å². The zero-order chi connectivity index (χ0) is 38.8. The molecule has 0 saturated carbocycles. The molecule has 282 valence electrons. The van der Waals surface area contributed by atoms with Gasteiger partial charge in [-0.3, -0.25) is 9.59 Å². The van der Waals surface area contributed by atoms with E-state index in [2.05, 4.69) is 54.3 Å². The summed E-state index contributed by atoms with van der Waals surface area (Å²) in [6.07, 6.45) is 2.38. The van der Waals surface area contributed by atoms with Crippen molar-refractivity contribution in [3.8, 4) is 0 Å². The number of ether oxygens (including phenoxy) is 2. The normalized spacial score (nSPS) is 21.8. The predicted octanol–water partition coefficient (Wildman–Crippen LogP) is 9.39. The average molecular weight is 827 g/mol. The molecule has 11 heteroatoms. The molecule has 6 rings (SSSR count). The topological polar surface area (TPSA) is 111 Å². The van der Waals surface area contributed by atoms with Crippen molar-refractivity contribution in [2.45, 2.75) is 86.0 Å². The number of halogens is 3. The van der Waals surface area contributed by atoms with E-state index in [1.165, 1.54) is 0 Å². The molecule has 0 spiro atoms. The molecule has 0 fully saturated rings. The second kappa shape index (κ2) is 16.4. The molecule has 8 nitrogen and oxygen atoms in total. The van der Waals surface area contributed by atoms with Crippen LogP contribution in [0.5, 0.6) is 0 Å². The number of dihydropyridines is 2. The zero-order valence-corrected chi connectivity index (χ0v) is 34.4. The van der Waals surface area contributed by atoms with Crippen molar-refractivity contribution in [1.29, 1.82) is 0 Å². The maximum atomic E-state index is 13.1. The number of benzene rings is 2. The Hall–Kier alpha value is -3.66. The third-order valence-corrected chi connectivity index (χ3v) is 11.2. The molecule has 2 aromatic rings. The summed E-state index contributed by atoms with van der Waals surface area (Å²) in [7, 11) is 0. The molecule has 0 bridgehead atoms. The number of esters is 2. The van der Waals surface area contributed by atoms with Gasteiger partial charge in [-0.1, -0.05) is 103 Å². The molecule has 53 heavy (non-hydrogen) atoms. The average Bonchev–Trinajstić information content (AvgIpc) is 3.06. The van der Waals surface area contributed by atoms with Crippen molar-refractivity contribution in [1.82, 2.24) is 10.6 Å². The summed E-state index contributed by atoms with van der Waals surface area (Å²) in [5, 5.41) is 8.18. The number of rotatable bonds is 7. The molecule has 2 aliphatic heterocycles. The van der Waals surface area contributed by atoms with Crippen LogP contribution < -0.4 is 10.6 Å². The van der Waals surface area contributed by atoms with Crippen LogP contribution in [0.4, 0.5) is 0 Å². The Morgan fingerprint density at radius 2 is 1.13 bits per heavy atom. The highest BCUT2D eigenvalue weighted by Gasteiger charge is 2.45. The minimum Gasteiger partial charge on any atom is -0.463 e. The second-order valence-corrected chi connectivity index (χ2v) is 16.7. The minimum absolute atomic E-state index is 0.0501. The Balaban J connectivity index is 0.000000204. The lowest BCUT2D eigenvalue weighted by Gasteiger charge is -2.40. The van der Waals surface area contributed by atoms with E-state index in [1.807, 2.05) is 43.3 Å². The van der Waals surface area contributed by atoms with E-state index in [9.17, 15) is 19.2 Å². The van der Waals surface area contributed by atoms with Gasteiger partial charge in [-0.2, -0.15) is 0 Å². The molecule has 0 amide bonds. The first-order chi connectivity index (χ1) is 25.0. The maximum Gasteiger partial charge on any atom is 0.336 e. The van der Waals surface area contributed by atoms with Crippen molar-refractivity contribution in [3.05, 3.63) is 115 Å². The predicted molar refractivity (Wildman–Crippen MR) is 212 cm³/mol. The largest absolute Gasteiger partial charge is 0.463 e. The maximum absolute atomic E-state index is 13.1. The summed E-state index contributed by atoms with van der Waals surface area (Å²) in [6, 6.07) is 14.8. The van der Waals surface area contributed by atoms with Gasteiger partial charge in [-0.25, -0.2) is 9.59 Å². The van der Waals surface area contributed by atoms with Gasteiger partial charge in [-0.15, -0.1) is 0 Å². The highest BCUT2D eigenvalue weighted by molar-refractivity contribution is 9.09. The molecular weight excluding hydrogens is 779 g/mol. The molecule has 2 N–H and O–H groups in total. The number of carbonyl (C=O) groups excluding carboxylic acids is 4. The van der Waals surface area contributed by atoms with Crippen molar-refractivity contribution < 1.29 is 28.7 Å². The van der Waals surface area contributed by atoms with Crippen LogP contribution in [0.1, 0.15) is 97.1 Å². The molecule has 2 atom stereocenters. The van der Waals surface area contributed by atoms with Gasteiger partial charge in [0.1, 0.15) is 0 Å². The first-order valence-corrected chi connectivity index (χ1v) is 19.8. The van der Waals surface area contributed by atoms with E-state index < -0.39 is 23.8 Å². The van der Waals surface area contributed by atoms with Crippen LogP contribution in [-0.4, -0.2) is 42.0 Å². The summed E-state index contributed by atoms with van der Waals surface area (Å²) in [4.78, 5) is 51.8. The molecule has 0 aromatic heterocycles. The second-order valence-electron chi connectivity index (χ2n) is 15.3. The Morgan fingerprint density at radius 3 is 1.57 bits per heavy atom. The van der Waals surface area contributed by atoms with Gasteiger partial charge in [0.2, 0.25) is 0 Å². The van der Waals surface area contributed by atoms with Crippen LogP contribution in [0.2, 0.25) is 10.0 Å².